The van der Waals surface area contributed by atoms with E-state index in [0.717, 1.165) is 25.0 Å². The quantitative estimate of drug-likeness (QED) is 0.891. The van der Waals surface area contributed by atoms with Crippen LogP contribution in [0, 0.1) is 17.7 Å². The van der Waals surface area contributed by atoms with E-state index < -0.39 is 5.82 Å². The Morgan fingerprint density at radius 2 is 2.30 bits per heavy atom. The third-order valence-electron chi connectivity index (χ3n) is 3.93. The lowest BCUT2D eigenvalue weighted by Gasteiger charge is -2.26. The van der Waals surface area contributed by atoms with Crippen LogP contribution in [0.1, 0.15) is 43.0 Å². The van der Waals surface area contributed by atoms with Gasteiger partial charge in [0.15, 0.2) is 0 Å². The first-order valence-electron chi connectivity index (χ1n) is 7.21. The largest absolute Gasteiger partial charge is 0.372 e. The predicted octanol–water partition coefficient (Wildman–Crippen LogP) is 2.82. The predicted molar refractivity (Wildman–Crippen MR) is 77.2 cm³/mol. The molecule has 2 N–H and O–H groups in total. The summed E-state index contributed by atoms with van der Waals surface area (Å²) < 4.78 is 13.2. The standard InChI is InChI=1S/C15H22FN3O/c1-10-4-3-5-11(6-10)8-19-15(20)13-7-12(16)9-18-14(13)17-2/h7,9-11H,3-6,8H2,1-2H3,(H,17,18)(H,19,20). The minimum Gasteiger partial charge on any atom is -0.372 e. The van der Waals surface area contributed by atoms with E-state index in [1.165, 1.54) is 18.9 Å². The first-order chi connectivity index (χ1) is 9.60. The Bertz CT molecular complexity index is 478. The monoisotopic (exact) mass is 279 g/mol. The van der Waals surface area contributed by atoms with Gasteiger partial charge in [0.25, 0.3) is 5.91 Å². The van der Waals surface area contributed by atoms with Crippen LogP contribution < -0.4 is 10.6 Å². The molecule has 1 aromatic heterocycles. The van der Waals surface area contributed by atoms with Crippen molar-refractivity contribution in [3.05, 3.63) is 23.6 Å². The van der Waals surface area contributed by atoms with E-state index in [1.807, 2.05) is 0 Å². The number of amides is 1. The SMILES string of the molecule is CNc1ncc(F)cc1C(=O)NCC1CCCC(C)C1. The molecule has 0 radical (unpaired) electrons. The number of hydrogen-bond donors (Lipinski definition) is 2. The van der Waals surface area contributed by atoms with Crippen molar-refractivity contribution in [1.29, 1.82) is 0 Å². The number of rotatable bonds is 4. The van der Waals surface area contributed by atoms with Crippen LogP contribution in [0.4, 0.5) is 10.2 Å². The number of pyridine rings is 1. The summed E-state index contributed by atoms with van der Waals surface area (Å²) in [4.78, 5) is 16.0. The number of nitrogens with one attached hydrogen (secondary N) is 2. The van der Waals surface area contributed by atoms with Crippen molar-refractivity contribution in [2.75, 3.05) is 18.9 Å². The highest BCUT2D eigenvalue weighted by Crippen LogP contribution is 2.28. The number of anilines is 1. The third-order valence-corrected chi connectivity index (χ3v) is 3.93. The van der Waals surface area contributed by atoms with Gasteiger partial charge >= 0.3 is 0 Å². The molecule has 2 unspecified atom stereocenters. The van der Waals surface area contributed by atoms with Crippen molar-refractivity contribution in [2.45, 2.75) is 32.6 Å². The second kappa shape index (κ2) is 6.68. The lowest BCUT2D eigenvalue weighted by Crippen LogP contribution is -2.32. The average molecular weight is 279 g/mol. The zero-order valence-corrected chi connectivity index (χ0v) is 12.1. The fraction of sp³-hybridized carbons (Fsp3) is 0.600. The molecule has 0 spiro atoms. The first-order valence-corrected chi connectivity index (χ1v) is 7.21. The molecule has 1 aliphatic carbocycles. The number of aromatic nitrogens is 1. The maximum Gasteiger partial charge on any atom is 0.255 e. The Balaban J connectivity index is 1.96. The molecular weight excluding hydrogens is 257 g/mol. The summed E-state index contributed by atoms with van der Waals surface area (Å²) in [6.45, 7) is 2.91. The summed E-state index contributed by atoms with van der Waals surface area (Å²) in [6, 6.07) is 1.22. The molecule has 2 atom stereocenters. The number of hydrogen-bond acceptors (Lipinski definition) is 3. The van der Waals surface area contributed by atoms with Gasteiger partial charge in [-0.1, -0.05) is 19.8 Å². The maximum atomic E-state index is 13.2. The number of nitrogens with zero attached hydrogens (tertiary/aromatic N) is 1. The summed E-state index contributed by atoms with van der Waals surface area (Å²) in [5, 5.41) is 5.72. The van der Waals surface area contributed by atoms with Gasteiger partial charge < -0.3 is 10.6 Å². The van der Waals surface area contributed by atoms with Crippen LogP contribution in [0.25, 0.3) is 0 Å². The molecule has 1 fully saturated rings. The van der Waals surface area contributed by atoms with Gasteiger partial charge in [-0.3, -0.25) is 4.79 Å². The smallest absolute Gasteiger partial charge is 0.255 e. The van der Waals surface area contributed by atoms with Crippen molar-refractivity contribution < 1.29 is 9.18 Å². The van der Waals surface area contributed by atoms with E-state index in [-0.39, 0.29) is 11.5 Å². The van der Waals surface area contributed by atoms with Crippen LogP contribution in [0.2, 0.25) is 0 Å². The highest BCUT2D eigenvalue weighted by atomic mass is 19.1. The van der Waals surface area contributed by atoms with Crippen LogP contribution in [0.3, 0.4) is 0 Å². The van der Waals surface area contributed by atoms with E-state index >= 15 is 0 Å². The summed E-state index contributed by atoms with van der Waals surface area (Å²) in [6.07, 6.45) is 5.92. The molecule has 0 saturated heterocycles. The fourth-order valence-corrected chi connectivity index (χ4v) is 2.89. The van der Waals surface area contributed by atoms with E-state index in [0.29, 0.717) is 18.3 Å². The van der Waals surface area contributed by atoms with Crippen LogP contribution in [0.5, 0.6) is 0 Å². The second-order valence-corrected chi connectivity index (χ2v) is 5.65. The zero-order valence-electron chi connectivity index (χ0n) is 12.1. The van der Waals surface area contributed by atoms with Gasteiger partial charge in [-0.05, 0) is 30.7 Å². The molecular formula is C15H22FN3O. The van der Waals surface area contributed by atoms with Gasteiger partial charge in [0.2, 0.25) is 0 Å². The summed E-state index contributed by atoms with van der Waals surface area (Å²) in [7, 11) is 1.67. The molecule has 1 heterocycles. The Morgan fingerprint density at radius 3 is 3.00 bits per heavy atom. The van der Waals surface area contributed by atoms with Gasteiger partial charge in [-0.2, -0.15) is 0 Å². The minimum absolute atomic E-state index is 0.261. The van der Waals surface area contributed by atoms with Crippen molar-refractivity contribution >= 4 is 11.7 Å². The fourth-order valence-electron chi connectivity index (χ4n) is 2.89. The van der Waals surface area contributed by atoms with Crippen LogP contribution >= 0.6 is 0 Å². The van der Waals surface area contributed by atoms with Gasteiger partial charge in [0.05, 0.1) is 11.8 Å². The highest BCUT2D eigenvalue weighted by Gasteiger charge is 2.20. The molecule has 5 heteroatoms. The lowest BCUT2D eigenvalue weighted by atomic mass is 9.82. The summed E-state index contributed by atoms with van der Waals surface area (Å²) in [5.74, 6) is 0.900. The molecule has 0 aliphatic heterocycles. The molecule has 0 aromatic carbocycles. The highest BCUT2D eigenvalue weighted by molar-refractivity contribution is 5.98. The molecule has 1 amide bonds. The van der Waals surface area contributed by atoms with Gasteiger partial charge in [-0.25, -0.2) is 9.37 Å². The number of carbonyl (C=O) groups excluding carboxylic acids is 1. The van der Waals surface area contributed by atoms with Gasteiger partial charge in [-0.15, -0.1) is 0 Å². The van der Waals surface area contributed by atoms with Crippen molar-refractivity contribution in [3.8, 4) is 0 Å². The molecule has 1 aromatic rings. The molecule has 1 saturated carbocycles. The molecule has 20 heavy (non-hydrogen) atoms. The van der Waals surface area contributed by atoms with E-state index in [9.17, 15) is 9.18 Å². The normalized spacial score (nSPS) is 22.4. The third kappa shape index (κ3) is 3.68. The van der Waals surface area contributed by atoms with E-state index in [1.54, 1.807) is 7.05 Å². The zero-order chi connectivity index (χ0) is 14.5. The maximum absolute atomic E-state index is 13.2. The Morgan fingerprint density at radius 1 is 1.50 bits per heavy atom. The van der Waals surface area contributed by atoms with Crippen LogP contribution in [-0.2, 0) is 0 Å². The van der Waals surface area contributed by atoms with Gasteiger partial charge in [0.1, 0.15) is 11.6 Å². The first kappa shape index (κ1) is 14.8. The molecule has 1 aliphatic rings. The molecule has 110 valence electrons. The van der Waals surface area contributed by atoms with Crippen molar-refractivity contribution in [1.82, 2.24) is 10.3 Å². The van der Waals surface area contributed by atoms with E-state index in [4.69, 9.17) is 0 Å². The van der Waals surface area contributed by atoms with Crippen LogP contribution in [-0.4, -0.2) is 24.5 Å². The van der Waals surface area contributed by atoms with Crippen LogP contribution in [0.15, 0.2) is 12.3 Å². The molecule has 2 rings (SSSR count). The van der Waals surface area contributed by atoms with Gasteiger partial charge in [0, 0.05) is 13.6 Å². The topological polar surface area (TPSA) is 54.0 Å². The van der Waals surface area contributed by atoms with Crippen molar-refractivity contribution in [3.63, 3.8) is 0 Å². The van der Waals surface area contributed by atoms with Crippen molar-refractivity contribution in [2.24, 2.45) is 11.8 Å². The summed E-state index contributed by atoms with van der Waals surface area (Å²) >= 11 is 0. The Hall–Kier alpha value is -1.65. The number of halogens is 1. The lowest BCUT2D eigenvalue weighted by molar-refractivity contribution is 0.0940. The second-order valence-electron chi connectivity index (χ2n) is 5.65. The molecule has 4 nitrogen and oxygen atoms in total. The Kier molecular flexibility index (Phi) is 4.93. The Labute approximate surface area is 119 Å². The molecule has 0 bridgehead atoms. The minimum atomic E-state index is -0.500. The summed E-state index contributed by atoms with van der Waals surface area (Å²) in [5.41, 5.74) is 0.261. The number of carbonyl (C=O) groups is 1. The average Bonchev–Trinajstić information content (AvgIpc) is 2.45. The van der Waals surface area contributed by atoms with E-state index in [2.05, 4.69) is 22.5 Å².